The van der Waals surface area contributed by atoms with Crippen LogP contribution in [0.15, 0.2) is 24.3 Å². The van der Waals surface area contributed by atoms with Crippen LogP contribution in [0.2, 0.25) is 0 Å². The van der Waals surface area contributed by atoms with E-state index in [1.165, 1.54) is 25.3 Å². The van der Waals surface area contributed by atoms with Crippen LogP contribution in [0.4, 0.5) is 13.2 Å². The number of phenolic OH excluding ortho intramolecular Hbond substituents is 1. The highest BCUT2D eigenvalue weighted by molar-refractivity contribution is 5.72. The van der Waals surface area contributed by atoms with Crippen LogP contribution < -0.4 is 0 Å². The number of carbonyl (C=O) groups excluding carboxylic acids is 1. The molecule has 0 aliphatic carbocycles. The summed E-state index contributed by atoms with van der Waals surface area (Å²) < 4.78 is 41.7. The van der Waals surface area contributed by atoms with Gasteiger partial charge in [-0.3, -0.25) is 4.79 Å². The molecule has 1 rings (SSSR count). The zero-order valence-corrected chi connectivity index (χ0v) is 9.49. The molecule has 0 amide bonds. The number of methoxy groups -OCH3 is 1. The van der Waals surface area contributed by atoms with Crippen LogP contribution in [0, 0.1) is 0 Å². The highest BCUT2D eigenvalue weighted by atomic mass is 19.4. The van der Waals surface area contributed by atoms with Crippen LogP contribution in [0.1, 0.15) is 17.5 Å². The Hall–Kier alpha value is -1.98. The molecule has 0 bridgehead atoms. The van der Waals surface area contributed by atoms with Crippen molar-refractivity contribution in [3.8, 4) is 5.75 Å². The number of alkyl halides is 3. The monoisotopic (exact) mass is 260 g/mol. The van der Waals surface area contributed by atoms with E-state index in [1.54, 1.807) is 0 Å². The molecule has 98 valence electrons. The van der Waals surface area contributed by atoms with E-state index in [0.29, 0.717) is 6.07 Å². The van der Waals surface area contributed by atoms with Gasteiger partial charge in [0.05, 0.1) is 19.1 Å². The second kappa shape index (κ2) is 5.57. The Morgan fingerprint density at radius 3 is 2.61 bits per heavy atom. The number of aromatic hydroxyl groups is 1. The van der Waals surface area contributed by atoms with Crippen LogP contribution in [0.25, 0.3) is 6.08 Å². The smallest absolute Gasteiger partial charge is 0.416 e. The highest BCUT2D eigenvalue weighted by Gasteiger charge is 2.31. The number of esters is 1. The molecule has 0 spiro atoms. The van der Waals surface area contributed by atoms with Gasteiger partial charge in [-0.25, -0.2) is 0 Å². The SMILES string of the molecule is COC(=O)CC=Cc1cc(O)cc(C(F)(F)F)c1. The van der Waals surface area contributed by atoms with Crippen LogP contribution in [-0.4, -0.2) is 18.2 Å². The minimum Gasteiger partial charge on any atom is -0.508 e. The zero-order valence-electron chi connectivity index (χ0n) is 9.49. The largest absolute Gasteiger partial charge is 0.508 e. The van der Waals surface area contributed by atoms with Crippen molar-refractivity contribution in [2.45, 2.75) is 12.6 Å². The van der Waals surface area contributed by atoms with Crippen molar-refractivity contribution in [1.82, 2.24) is 0 Å². The second-order valence-corrected chi connectivity index (χ2v) is 3.49. The van der Waals surface area contributed by atoms with Crippen molar-refractivity contribution in [2.75, 3.05) is 7.11 Å². The highest BCUT2D eigenvalue weighted by Crippen LogP contribution is 2.32. The second-order valence-electron chi connectivity index (χ2n) is 3.49. The number of phenols is 1. The van der Waals surface area contributed by atoms with Gasteiger partial charge in [0.25, 0.3) is 0 Å². The van der Waals surface area contributed by atoms with Gasteiger partial charge < -0.3 is 9.84 Å². The molecule has 0 fully saturated rings. The molecule has 0 radical (unpaired) electrons. The lowest BCUT2D eigenvalue weighted by Gasteiger charge is -2.08. The van der Waals surface area contributed by atoms with E-state index < -0.39 is 23.5 Å². The Balaban J connectivity index is 2.90. The number of halogens is 3. The van der Waals surface area contributed by atoms with E-state index in [1.807, 2.05) is 0 Å². The molecule has 0 atom stereocenters. The van der Waals surface area contributed by atoms with Crippen molar-refractivity contribution < 1.29 is 27.8 Å². The van der Waals surface area contributed by atoms with E-state index in [2.05, 4.69) is 4.74 Å². The average Bonchev–Trinajstić information content (AvgIpc) is 2.27. The van der Waals surface area contributed by atoms with E-state index in [0.717, 1.165) is 6.07 Å². The predicted molar refractivity (Wildman–Crippen MR) is 58.8 cm³/mol. The van der Waals surface area contributed by atoms with E-state index >= 15 is 0 Å². The van der Waals surface area contributed by atoms with Gasteiger partial charge >= 0.3 is 12.1 Å². The molecule has 0 saturated heterocycles. The number of benzene rings is 1. The number of hydrogen-bond donors (Lipinski definition) is 1. The molecule has 1 aromatic rings. The molecule has 0 unspecified atom stereocenters. The molecule has 0 aliphatic heterocycles. The standard InChI is InChI=1S/C12H11F3O3/c1-18-11(17)4-2-3-8-5-9(12(13,14)15)7-10(16)6-8/h2-3,5-7,16H,4H2,1H3. The van der Waals surface area contributed by atoms with Crippen molar-refractivity contribution in [3.63, 3.8) is 0 Å². The molecule has 0 heterocycles. The van der Waals surface area contributed by atoms with Gasteiger partial charge in [0.2, 0.25) is 0 Å². The Morgan fingerprint density at radius 1 is 1.39 bits per heavy atom. The van der Waals surface area contributed by atoms with Gasteiger partial charge in [-0.05, 0) is 23.8 Å². The van der Waals surface area contributed by atoms with E-state index in [-0.39, 0.29) is 12.0 Å². The summed E-state index contributed by atoms with van der Waals surface area (Å²) in [4.78, 5) is 10.8. The van der Waals surface area contributed by atoms with Gasteiger partial charge in [-0.15, -0.1) is 0 Å². The summed E-state index contributed by atoms with van der Waals surface area (Å²) >= 11 is 0. The molecule has 1 N–H and O–H groups in total. The summed E-state index contributed by atoms with van der Waals surface area (Å²) in [6.07, 6.45) is -1.90. The summed E-state index contributed by atoms with van der Waals surface area (Å²) in [6.45, 7) is 0. The van der Waals surface area contributed by atoms with Gasteiger partial charge in [-0.2, -0.15) is 13.2 Å². The quantitative estimate of drug-likeness (QED) is 0.850. The zero-order chi connectivity index (χ0) is 13.8. The molecular weight excluding hydrogens is 249 g/mol. The number of hydrogen-bond acceptors (Lipinski definition) is 3. The van der Waals surface area contributed by atoms with Crippen molar-refractivity contribution in [3.05, 3.63) is 35.4 Å². The minimum atomic E-state index is -4.52. The molecule has 18 heavy (non-hydrogen) atoms. The third-order valence-electron chi connectivity index (χ3n) is 2.09. The Morgan fingerprint density at radius 2 is 2.06 bits per heavy atom. The minimum absolute atomic E-state index is 0.0481. The lowest BCUT2D eigenvalue weighted by atomic mass is 10.1. The van der Waals surface area contributed by atoms with Crippen LogP contribution in [-0.2, 0) is 15.7 Å². The van der Waals surface area contributed by atoms with Gasteiger partial charge in [0.1, 0.15) is 5.75 Å². The lowest BCUT2D eigenvalue weighted by molar-refractivity contribution is -0.139. The molecule has 1 aromatic carbocycles. The number of carbonyl (C=O) groups is 1. The molecule has 0 aliphatic rings. The topological polar surface area (TPSA) is 46.5 Å². The Labute approximate surface area is 101 Å². The predicted octanol–water partition coefficient (Wildman–Crippen LogP) is 2.99. The fourth-order valence-electron chi connectivity index (χ4n) is 1.27. The third-order valence-corrected chi connectivity index (χ3v) is 2.09. The Kier molecular flexibility index (Phi) is 4.36. The fourth-order valence-corrected chi connectivity index (χ4v) is 1.27. The third kappa shape index (κ3) is 4.12. The first kappa shape index (κ1) is 14.1. The normalized spacial score (nSPS) is 11.8. The van der Waals surface area contributed by atoms with E-state index in [4.69, 9.17) is 0 Å². The fraction of sp³-hybridized carbons (Fsp3) is 0.250. The summed E-state index contributed by atoms with van der Waals surface area (Å²) in [5.41, 5.74) is -0.786. The van der Waals surface area contributed by atoms with Crippen molar-refractivity contribution in [1.29, 1.82) is 0 Å². The van der Waals surface area contributed by atoms with Gasteiger partial charge in [0.15, 0.2) is 0 Å². The number of rotatable bonds is 3. The summed E-state index contributed by atoms with van der Waals surface area (Å²) in [6, 6.07) is 2.69. The maximum Gasteiger partial charge on any atom is 0.416 e. The van der Waals surface area contributed by atoms with E-state index in [9.17, 15) is 23.1 Å². The van der Waals surface area contributed by atoms with Crippen LogP contribution in [0.5, 0.6) is 5.75 Å². The maximum absolute atomic E-state index is 12.4. The molecular formula is C12H11F3O3. The van der Waals surface area contributed by atoms with Gasteiger partial charge in [0, 0.05) is 0 Å². The Bertz CT molecular complexity index is 464. The first-order valence-electron chi connectivity index (χ1n) is 4.97. The average molecular weight is 260 g/mol. The summed E-state index contributed by atoms with van der Waals surface area (Å²) in [7, 11) is 1.21. The van der Waals surface area contributed by atoms with Crippen LogP contribution in [0.3, 0.4) is 0 Å². The van der Waals surface area contributed by atoms with Crippen molar-refractivity contribution in [2.24, 2.45) is 0 Å². The first-order valence-corrected chi connectivity index (χ1v) is 4.97. The van der Waals surface area contributed by atoms with Crippen molar-refractivity contribution >= 4 is 12.0 Å². The molecule has 0 saturated carbocycles. The van der Waals surface area contributed by atoms with Crippen LogP contribution >= 0.6 is 0 Å². The molecule has 0 aromatic heterocycles. The molecule has 6 heteroatoms. The maximum atomic E-state index is 12.4. The lowest BCUT2D eigenvalue weighted by Crippen LogP contribution is -2.04. The molecule has 3 nitrogen and oxygen atoms in total. The first-order chi connectivity index (χ1) is 8.32. The number of ether oxygens (including phenoxy) is 1. The summed E-state index contributed by atoms with van der Waals surface area (Å²) in [5.74, 6) is -0.981. The summed E-state index contributed by atoms with van der Waals surface area (Å²) in [5, 5.41) is 9.19. The van der Waals surface area contributed by atoms with Gasteiger partial charge in [-0.1, -0.05) is 12.2 Å².